The van der Waals surface area contributed by atoms with E-state index in [1.807, 2.05) is 23.1 Å². The molecule has 4 heterocycles. The zero-order valence-corrected chi connectivity index (χ0v) is 14.6. The second-order valence-electron chi connectivity index (χ2n) is 6.14. The van der Waals surface area contributed by atoms with Gasteiger partial charge in [-0.1, -0.05) is 23.5 Å². The van der Waals surface area contributed by atoms with Gasteiger partial charge in [0.15, 0.2) is 10.8 Å². The summed E-state index contributed by atoms with van der Waals surface area (Å²) in [5.74, 6) is 0.00588. The van der Waals surface area contributed by atoms with Crippen LogP contribution < -0.4 is 4.90 Å². The lowest BCUT2D eigenvalue weighted by Gasteiger charge is -2.34. The molecule has 3 aromatic heterocycles. The highest BCUT2D eigenvalue weighted by Crippen LogP contribution is 2.29. The van der Waals surface area contributed by atoms with Gasteiger partial charge in [0.05, 0.1) is 15.8 Å². The largest absolute Gasteiger partial charge is 0.345 e. The molecule has 4 aromatic rings. The number of hydrogen-bond acceptors (Lipinski definition) is 7. The van der Waals surface area contributed by atoms with E-state index >= 15 is 0 Å². The van der Waals surface area contributed by atoms with Crippen LogP contribution in [0.2, 0.25) is 0 Å². The molecule has 1 aromatic carbocycles. The Balaban J connectivity index is 1.30. The molecule has 0 N–H and O–H groups in total. The Labute approximate surface area is 152 Å². The van der Waals surface area contributed by atoms with Gasteiger partial charge in [-0.15, -0.1) is 5.10 Å². The van der Waals surface area contributed by atoms with Crippen LogP contribution in [0.25, 0.3) is 15.9 Å². The first-order valence-corrected chi connectivity index (χ1v) is 9.17. The zero-order valence-electron chi connectivity index (χ0n) is 13.8. The number of amides is 1. The fourth-order valence-corrected chi connectivity index (χ4v) is 4.16. The molecule has 0 aliphatic carbocycles. The van der Waals surface area contributed by atoms with Gasteiger partial charge in [0.1, 0.15) is 0 Å². The number of fused-ring (bicyclic) bond motifs is 2. The summed E-state index contributed by atoms with van der Waals surface area (Å²) in [5.41, 5.74) is 2.25. The molecule has 8 nitrogen and oxygen atoms in total. The molecular weight excluding hydrogens is 350 g/mol. The summed E-state index contributed by atoms with van der Waals surface area (Å²) in [6, 6.07) is 11.7. The normalized spacial score (nSPS) is 15.1. The van der Waals surface area contributed by atoms with Crippen molar-refractivity contribution in [2.45, 2.75) is 0 Å². The third kappa shape index (κ3) is 2.57. The number of nitrogens with zero attached hydrogens (tertiary/aromatic N) is 7. The van der Waals surface area contributed by atoms with Gasteiger partial charge in [0.25, 0.3) is 5.91 Å². The van der Waals surface area contributed by atoms with Crippen LogP contribution in [-0.2, 0) is 0 Å². The van der Waals surface area contributed by atoms with Crippen molar-refractivity contribution in [2.75, 3.05) is 31.1 Å². The zero-order chi connectivity index (χ0) is 17.5. The van der Waals surface area contributed by atoms with E-state index in [9.17, 15) is 4.79 Å². The van der Waals surface area contributed by atoms with E-state index < -0.39 is 0 Å². The highest BCUT2D eigenvalue weighted by Gasteiger charge is 2.24. The molecule has 130 valence electrons. The van der Waals surface area contributed by atoms with Gasteiger partial charge in [-0.3, -0.25) is 4.79 Å². The number of anilines is 1. The third-order valence-corrected chi connectivity index (χ3v) is 5.66. The molecule has 0 bridgehead atoms. The summed E-state index contributed by atoms with van der Waals surface area (Å²) in [4.78, 5) is 21.6. The maximum atomic E-state index is 12.8. The number of aromatic nitrogens is 5. The number of pyridine rings is 1. The molecule has 26 heavy (non-hydrogen) atoms. The van der Waals surface area contributed by atoms with Crippen LogP contribution >= 0.6 is 11.3 Å². The van der Waals surface area contributed by atoms with Crippen LogP contribution in [0.1, 0.15) is 10.4 Å². The Hall–Kier alpha value is -3.07. The van der Waals surface area contributed by atoms with Crippen LogP contribution in [0, 0.1) is 0 Å². The number of carbonyl (C=O) groups excluding carboxylic acids is 1. The summed E-state index contributed by atoms with van der Waals surface area (Å²) in [5, 5.41) is 12.3. The predicted molar refractivity (Wildman–Crippen MR) is 98.5 cm³/mol. The molecular formula is C17H15N7OS. The van der Waals surface area contributed by atoms with Crippen molar-refractivity contribution in [1.82, 2.24) is 29.9 Å². The average Bonchev–Trinajstić information content (AvgIpc) is 3.33. The van der Waals surface area contributed by atoms with E-state index in [0.717, 1.165) is 23.7 Å². The average molecular weight is 365 g/mol. The SMILES string of the molecule is O=C(c1ccc2nnnn2c1)N1CCN(c2nc3ccccc3s2)CC1. The van der Waals surface area contributed by atoms with Crippen LogP contribution in [0.5, 0.6) is 0 Å². The number of piperazine rings is 1. The van der Waals surface area contributed by atoms with Gasteiger partial charge < -0.3 is 9.80 Å². The van der Waals surface area contributed by atoms with Crippen molar-refractivity contribution >= 4 is 38.2 Å². The van der Waals surface area contributed by atoms with Crippen LogP contribution in [0.3, 0.4) is 0 Å². The number of carbonyl (C=O) groups is 1. The Morgan fingerprint density at radius 2 is 1.88 bits per heavy atom. The Morgan fingerprint density at radius 1 is 1.04 bits per heavy atom. The van der Waals surface area contributed by atoms with E-state index in [-0.39, 0.29) is 5.91 Å². The van der Waals surface area contributed by atoms with E-state index in [1.165, 1.54) is 9.22 Å². The summed E-state index contributed by atoms with van der Waals surface area (Å²) < 4.78 is 2.71. The Kier molecular flexibility index (Phi) is 3.52. The molecule has 5 rings (SSSR count). The van der Waals surface area contributed by atoms with E-state index in [1.54, 1.807) is 29.7 Å². The number of benzene rings is 1. The van der Waals surface area contributed by atoms with Gasteiger partial charge in [-0.25, -0.2) is 4.98 Å². The van der Waals surface area contributed by atoms with Crippen LogP contribution in [-0.4, -0.2) is 62.0 Å². The van der Waals surface area contributed by atoms with E-state index in [4.69, 9.17) is 4.98 Å². The van der Waals surface area contributed by atoms with E-state index in [0.29, 0.717) is 24.3 Å². The first-order valence-electron chi connectivity index (χ1n) is 8.35. The first kappa shape index (κ1) is 15.2. The van der Waals surface area contributed by atoms with Crippen LogP contribution in [0.4, 0.5) is 5.13 Å². The summed E-state index contributed by atoms with van der Waals surface area (Å²) in [6.45, 7) is 2.89. The van der Waals surface area contributed by atoms with E-state index in [2.05, 4.69) is 26.5 Å². The molecule has 1 aliphatic rings. The molecule has 0 unspecified atom stereocenters. The fraction of sp³-hybridized carbons (Fsp3) is 0.235. The first-order chi connectivity index (χ1) is 12.8. The minimum Gasteiger partial charge on any atom is -0.345 e. The van der Waals surface area contributed by atoms with Crippen molar-refractivity contribution in [2.24, 2.45) is 0 Å². The number of tetrazole rings is 1. The van der Waals surface area contributed by atoms with Gasteiger partial charge in [-0.05, 0) is 34.7 Å². The molecule has 1 amide bonds. The lowest BCUT2D eigenvalue weighted by Crippen LogP contribution is -2.48. The monoisotopic (exact) mass is 365 g/mol. The quantitative estimate of drug-likeness (QED) is 0.538. The number of thiazole rings is 1. The highest BCUT2D eigenvalue weighted by molar-refractivity contribution is 7.22. The smallest absolute Gasteiger partial charge is 0.255 e. The number of rotatable bonds is 2. The summed E-state index contributed by atoms with van der Waals surface area (Å²) >= 11 is 1.70. The molecule has 0 spiro atoms. The fourth-order valence-electron chi connectivity index (χ4n) is 3.15. The van der Waals surface area contributed by atoms with Gasteiger partial charge in [0, 0.05) is 32.4 Å². The minimum atomic E-state index is 0.00588. The van der Waals surface area contributed by atoms with Crippen molar-refractivity contribution in [3.05, 3.63) is 48.2 Å². The highest BCUT2D eigenvalue weighted by atomic mass is 32.1. The van der Waals surface area contributed by atoms with Gasteiger partial charge >= 0.3 is 0 Å². The molecule has 0 saturated carbocycles. The third-order valence-electron chi connectivity index (χ3n) is 4.56. The molecule has 1 fully saturated rings. The molecule has 0 radical (unpaired) electrons. The number of hydrogen-bond donors (Lipinski definition) is 0. The topological polar surface area (TPSA) is 79.5 Å². The second-order valence-corrected chi connectivity index (χ2v) is 7.15. The van der Waals surface area contributed by atoms with Crippen molar-refractivity contribution in [1.29, 1.82) is 0 Å². The summed E-state index contributed by atoms with van der Waals surface area (Å²) in [6.07, 6.45) is 1.68. The van der Waals surface area contributed by atoms with Crippen molar-refractivity contribution < 1.29 is 4.79 Å². The lowest BCUT2D eigenvalue weighted by molar-refractivity contribution is 0.0746. The maximum Gasteiger partial charge on any atom is 0.255 e. The van der Waals surface area contributed by atoms with Crippen LogP contribution in [0.15, 0.2) is 42.6 Å². The molecule has 9 heteroatoms. The second kappa shape index (κ2) is 6.03. The van der Waals surface area contributed by atoms with Gasteiger partial charge in [0.2, 0.25) is 0 Å². The van der Waals surface area contributed by atoms with Crippen molar-refractivity contribution in [3.63, 3.8) is 0 Å². The maximum absolute atomic E-state index is 12.8. The Bertz CT molecular complexity index is 1060. The summed E-state index contributed by atoms with van der Waals surface area (Å²) in [7, 11) is 0. The minimum absolute atomic E-state index is 0.00588. The Morgan fingerprint density at radius 3 is 2.73 bits per heavy atom. The number of para-hydroxylation sites is 1. The van der Waals surface area contributed by atoms with Gasteiger partial charge in [-0.2, -0.15) is 4.52 Å². The molecule has 1 saturated heterocycles. The standard InChI is InChI=1S/C17H15N7OS/c25-16(12-5-6-15-19-20-21-24(15)11-12)22-7-9-23(10-8-22)17-18-13-3-1-2-4-14(13)26-17/h1-6,11H,7-10H2. The molecule has 1 aliphatic heterocycles. The van der Waals surface area contributed by atoms with Crippen molar-refractivity contribution in [3.8, 4) is 0 Å². The lowest BCUT2D eigenvalue weighted by atomic mass is 10.2. The molecule has 0 atom stereocenters. The predicted octanol–water partition coefficient (Wildman–Crippen LogP) is 1.70.